The second kappa shape index (κ2) is 6.34. The van der Waals surface area contributed by atoms with Crippen LogP contribution in [0.5, 0.6) is 5.75 Å². The van der Waals surface area contributed by atoms with Crippen molar-refractivity contribution in [3.63, 3.8) is 0 Å². The molecule has 3 rings (SSSR count). The van der Waals surface area contributed by atoms with E-state index in [0.29, 0.717) is 9.80 Å². The molecule has 2 heterocycles. The average molecular weight is 384 g/mol. The Hall–Kier alpha value is -3.50. The molecule has 0 spiro atoms. The lowest BCUT2D eigenvalue weighted by Crippen LogP contribution is -2.36. The summed E-state index contributed by atoms with van der Waals surface area (Å²) in [5.74, 6) is -4.31. The number of alkyl halides is 4. The number of rotatable bonds is 5. The quantitative estimate of drug-likeness (QED) is 0.571. The van der Waals surface area contributed by atoms with Gasteiger partial charge >= 0.3 is 12.5 Å². The molecule has 0 aromatic heterocycles. The van der Waals surface area contributed by atoms with Gasteiger partial charge in [0.1, 0.15) is 0 Å². The van der Waals surface area contributed by atoms with Gasteiger partial charge in [0.15, 0.2) is 5.75 Å². The lowest BCUT2D eigenvalue weighted by Gasteiger charge is -2.24. The maximum Gasteiger partial charge on any atom is 0.461 e. The number of halogens is 4. The van der Waals surface area contributed by atoms with Crippen molar-refractivity contribution in [3.8, 4) is 5.75 Å². The second-order valence-corrected chi connectivity index (χ2v) is 5.31. The topological polar surface area (TPSA) is 84.0 Å². The third kappa shape index (κ3) is 3.18. The Labute approximate surface area is 148 Å². The van der Waals surface area contributed by atoms with Gasteiger partial charge in [0.2, 0.25) is 0 Å². The van der Waals surface area contributed by atoms with E-state index < -0.39 is 47.6 Å². The van der Waals surface area contributed by atoms with Crippen molar-refractivity contribution in [1.82, 2.24) is 0 Å². The molecule has 1 aromatic carbocycles. The van der Waals surface area contributed by atoms with Crippen molar-refractivity contribution in [2.24, 2.45) is 0 Å². The summed E-state index contributed by atoms with van der Waals surface area (Å²) < 4.78 is 55.5. The van der Waals surface area contributed by atoms with Gasteiger partial charge in [0.25, 0.3) is 23.6 Å². The fraction of sp³-hybridized carbons (Fsp3) is 0.125. The number of nitrogens with zero attached hydrogens (tertiary/aromatic N) is 2. The van der Waals surface area contributed by atoms with Crippen molar-refractivity contribution in [2.75, 3.05) is 9.80 Å². The molecule has 140 valence electrons. The van der Waals surface area contributed by atoms with Gasteiger partial charge in [-0.05, 0) is 18.2 Å². The number of ether oxygens (including phenoxy) is 1. The molecule has 0 radical (unpaired) electrons. The van der Waals surface area contributed by atoms with E-state index in [9.17, 15) is 36.7 Å². The highest BCUT2D eigenvalue weighted by Crippen LogP contribution is 2.39. The van der Waals surface area contributed by atoms with Gasteiger partial charge in [0.05, 0.1) is 11.4 Å². The number of hydrogen-bond acceptors (Lipinski definition) is 5. The van der Waals surface area contributed by atoms with Gasteiger partial charge in [0, 0.05) is 24.3 Å². The maximum atomic E-state index is 13.3. The Morgan fingerprint density at radius 1 is 0.815 bits per heavy atom. The van der Waals surface area contributed by atoms with E-state index in [0.717, 1.165) is 42.5 Å². The zero-order chi connectivity index (χ0) is 19.9. The van der Waals surface area contributed by atoms with Crippen molar-refractivity contribution in [2.45, 2.75) is 12.5 Å². The molecule has 7 nitrogen and oxygen atoms in total. The molecule has 2 aliphatic rings. The van der Waals surface area contributed by atoms with Gasteiger partial charge < -0.3 is 4.74 Å². The first kappa shape index (κ1) is 18.3. The van der Waals surface area contributed by atoms with Gasteiger partial charge in [-0.15, -0.1) is 0 Å². The average Bonchev–Trinajstić information content (AvgIpc) is 3.09. The number of carbonyl (C=O) groups excluding carboxylic acids is 4. The zero-order valence-electron chi connectivity index (χ0n) is 13.1. The molecule has 0 fully saturated rings. The van der Waals surface area contributed by atoms with Crippen LogP contribution in [0.25, 0.3) is 0 Å². The molecule has 0 atom stereocenters. The summed E-state index contributed by atoms with van der Waals surface area (Å²) in [5.41, 5.74) is -0.800. The summed E-state index contributed by atoms with van der Waals surface area (Å²) in [6.07, 6.45) is -5.53. The predicted molar refractivity (Wildman–Crippen MR) is 81.3 cm³/mol. The van der Waals surface area contributed by atoms with E-state index in [1.807, 2.05) is 0 Å². The summed E-state index contributed by atoms with van der Waals surface area (Å²) in [4.78, 5) is 48.3. The highest BCUT2D eigenvalue weighted by Gasteiger charge is 2.45. The standard InChI is InChI=1S/C16H8F4N2O5/c17-15(18)16(19,20)27-10-2-1-8(21-11(23)3-4-12(21)24)7-9(10)22-13(25)5-6-14(22)26/h1-7,15H. The van der Waals surface area contributed by atoms with Gasteiger partial charge in [-0.1, -0.05) is 0 Å². The summed E-state index contributed by atoms with van der Waals surface area (Å²) in [7, 11) is 0. The zero-order valence-corrected chi connectivity index (χ0v) is 13.1. The number of benzene rings is 1. The van der Waals surface area contributed by atoms with Crippen molar-refractivity contribution < 1.29 is 41.5 Å². The molecule has 11 heteroatoms. The Balaban J connectivity index is 2.09. The summed E-state index contributed by atoms with van der Waals surface area (Å²) in [6, 6.07) is 2.59. The van der Waals surface area contributed by atoms with Gasteiger partial charge in [-0.25, -0.2) is 9.80 Å². The van der Waals surface area contributed by atoms with Crippen molar-refractivity contribution >= 4 is 35.0 Å². The molecular weight excluding hydrogens is 376 g/mol. The van der Waals surface area contributed by atoms with E-state index in [2.05, 4.69) is 4.74 Å². The minimum absolute atomic E-state index is 0.176. The van der Waals surface area contributed by atoms with Crippen LogP contribution in [-0.4, -0.2) is 36.2 Å². The van der Waals surface area contributed by atoms with Gasteiger partial charge in [-0.3, -0.25) is 19.2 Å². The normalized spacial score (nSPS) is 17.1. The summed E-state index contributed by atoms with van der Waals surface area (Å²) >= 11 is 0. The molecular formula is C16H8F4N2O5. The van der Waals surface area contributed by atoms with Crippen LogP contribution in [0.2, 0.25) is 0 Å². The van der Waals surface area contributed by atoms with Crippen LogP contribution in [-0.2, 0) is 19.2 Å². The number of anilines is 2. The van der Waals surface area contributed by atoms with Crippen LogP contribution in [0.15, 0.2) is 42.5 Å². The molecule has 0 unspecified atom stereocenters. The Morgan fingerprint density at radius 3 is 1.78 bits per heavy atom. The van der Waals surface area contributed by atoms with Crippen LogP contribution >= 0.6 is 0 Å². The van der Waals surface area contributed by atoms with Crippen LogP contribution in [0.4, 0.5) is 28.9 Å². The van der Waals surface area contributed by atoms with E-state index in [-0.39, 0.29) is 5.69 Å². The van der Waals surface area contributed by atoms with Crippen LogP contribution in [0, 0.1) is 0 Å². The smallest absolute Gasteiger partial charge is 0.426 e. The van der Waals surface area contributed by atoms with Gasteiger partial charge in [-0.2, -0.15) is 17.6 Å². The lowest BCUT2D eigenvalue weighted by molar-refractivity contribution is -0.253. The molecule has 27 heavy (non-hydrogen) atoms. The molecule has 1 aromatic rings. The first-order valence-electron chi connectivity index (χ1n) is 7.23. The Morgan fingerprint density at radius 2 is 1.30 bits per heavy atom. The number of imide groups is 2. The molecule has 0 aliphatic carbocycles. The van der Waals surface area contributed by atoms with E-state index in [1.54, 1.807) is 0 Å². The highest BCUT2D eigenvalue weighted by molar-refractivity contribution is 6.30. The SMILES string of the molecule is O=C1C=CC(=O)N1c1ccc(OC(F)(F)C(F)F)c(N2C(=O)C=CC2=O)c1. The van der Waals surface area contributed by atoms with E-state index in [4.69, 9.17) is 0 Å². The Kier molecular flexibility index (Phi) is 4.30. The fourth-order valence-corrected chi connectivity index (χ4v) is 2.39. The third-order valence-corrected chi connectivity index (χ3v) is 3.56. The Bertz CT molecular complexity index is 889. The number of amides is 4. The fourth-order valence-electron chi connectivity index (χ4n) is 2.39. The minimum atomic E-state index is -4.91. The third-order valence-electron chi connectivity index (χ3n) is 3.56. The first-order valence-corrected chi connectivity index (χ1v) is 7.23. The maximum absolute atomic E-state index is 13.3. The monoisotopic (exact) mass is 384 g/mol. The largest absolute Gasteiger partial charge is 0.461 e. The molecule has 4 amide bonds. The molecule has 0 N–H and O–H groups in total. The van der Waals surface area contributed by atoms with E-state index in [1.165, 1.54) is 0 Å². The minimum Gasteiger partial charge on any atom is -0.426 e. The number of hydrogen-bond donors (Lipinski definition) is 0. The molecule has 0 bridgehead atoms. The molecule has 2 aliphatic heterocycles. The summed E-state index contributed by atoms with van der Waals surface area (Å²) in [5, 5.41) is 0. The van der Waals surface area contributed by atoms with Crippen LogP contribution in [0.1, 0.15) is 0 Å². The summed E-state index contributed by atoms with van der Waals surface area (Å²) in [6.45, 7) is 0. The van der Waals surface area contributed by atoms with Crippen LogP contribution < -0.4 is 14.5 Å². The lowest BCUT2D eigenvalue weighted by atomic mass is 10.2. The van der Waals surface area contributed by atoms with Crippen molar-refractivity contribution in [3.05, 3.63) is 42.5 Å². The predicted octanol–water partition coefficient (Wildman–Crippen LogP) is 1.78. The second-order valence-electron chi connectivity index (χ2n) is 5.31. The van der Waals surface area contributed by atoms with Crippen LogP contribution in [0.3, 0.4) is 0 Å². The highest BCUT2D eigenvalue weighted by atomic mass is 19.3. The molecule has 0 saturated carbocycles. The molecule has 0 saturated heterocycles. The van der Waals surface area contributed by atoms with Crippen molar-refractivity contribution in [1.29, 1.82) is 0 Å². The number of carbonyl (C=O) groups is 4. The van der Waals surface area contributed by atoms with E-state index >= 15 is 0 Å². The first-order chi connectivity index (χ1) is 12.6.